The topological polar surface area (TPSA) is 47.4 Å². The second kappa shape index (κ2) is 8.71. The molecule has 140 valence electrons. The summed E-state index contributed by atoms with van der Waals surface area (Å²) in [7, 11) is 3.64. The van der Waals surface area contributed by atoms with Crippen molar-refractivity contribution in [2.24, 2.45) is 7.05 Å². The predicted octanol–water partition coefficient (Wildman–Crippen LogP) is 4.80. The van der Waals surface area contributed by atoms with Gasteiger partial charge in [0, 0.05) is 24.1 Å². The van der Waals surface area contributed by atoms with Crippen LogP contribution in [0.15, 0.2) is 63.7 Å². The first-order valence-corrected chi connectivity index (χ1v) is 9.92. The Balaban J connectivity index is 1.67. The number of hydrogen-bond acceptors (Lipinski definition) is 3. The zero-order chi connectivity index (χ0) is 19.4. The Morgan fingerprint density at radius 2 is 1.96 bits per heavy atom. The van der Waals surface area contributed by atoms with Crippen molar-refractivity contribution in [3.8, 4) is 5.75 Å². The molecule has 0 bridgehead atoms. The minimum Gasteiger partial charge on any atom is -0.489 e. The number of carbonyl (C=O) groups excluding carboxylic acids is 1. The zero-order valence-electron chi connectivity index (χ0n) is 15.0. The molecule has 0 atom stereocenters. The van der Waals surface area contributed by atoms with Gasteiger partial charge in [0.1, 0.15) is 12.4 Å². The highest BCUT2D eigenvalue weighted by Gasteiger charge is 2.16. The second-order valence-electron chi connectivity index (χ2n) is 6.17. The summed E-state index contributed by atoms with van der Waals surface area (Å²) in [6.45, 7) is 0.864. The van der Waals surface area contributed by atoms with Gasteiger partial charge in [-0.3, -0.25) is 9.48 Å². The van der Waals surface area contributed by atoms with Gasteiger partial charge in [-0.1, -0.05) is 34.1 Å². The van der Waals surface area contributed by atoms with Crippen LogP contribution in [0.25, 0.3) is 0 Å². The second-order valence-corrected chi connectivity index (χ2v) is 7.94. The van der Waals surface area contributed by atoms with Crippen LogP contribution < -0.4 is 4.74 Å². The molecular weight excluding hydrogens is 474 g/mol. The van der Waals surface area contributed by atoms with Crippen molar-refractivity contribution in [2.45, 2.75) is 13.2 Å². The van der Waals surface area contributed by atoms with Crippen molar-refractivity contribution in [2.75, 3.05) is 7.05 Å². The summed E-state index contributed by atoms with van der Waals surface area (Å²) in [5.74, 6) is 0.728. The smallest absolute Gasteiger partial charge is 0.253 e. The van der Waals surface area contributed by atoms with E-state index in [9.17, 15) is 4.79 Å². The van der Waals surface area contributed by atoms with E-state index in [4.69, 9.17) is 4.74 Å². The molecule has 2 aromatic carbocycles. The first-order chi connectivity index (χ1) is 12.9. The lowest BCUT2D eigenvalue weighted by Crippen LogP contribution is -2.27. The number of amides is 1. The number of aryl methyl sites for hydroxylation is 1. The van der Waals surface area contributed by atoms with E-state index in [1.807, 2.05) is 55.6 Å². The van der Waals surface area contributed by atoms with Crippen molar-refractivity contribution in [3.05, 3.63) is 80.5 Å². The summed E-state index contributed by atoms with van der Waals surface area (Å²) in [6, 6.07) is 15.2. The molecule has 1 aromatic heterocycles. The molecule has 5 nitrogen and oxygen atoms in total. The molecule has 3 rings (SSSR count). The Bertz CT molecular complexity index is 936. The summed E-state index contributed by atoms with van der Waals surface area (Å²) in [5, 5.41) is 4.19. The Labute approximate surface area is 175 Å². The Morgan fingerprint density at radius 3 is 2.67 bits per heavy atom. The normalized spacial score (nSPS) is 10.7. The number of carbonyl (C=O) groups is 1. The van der Waals surface area contributed by atoms with Crippen molar-refractivity contribution in [1.29, 1.82) is 0 Å². The summed E-state index contributed by atoms with van der Waals surface area (Å²) >= 11 is 6.90. The van der Waals surface area contributed by atoms with E-state index in [0.29, 0.717) is 18.7 Å². The third-order valence-corrected chi connectivity index (χ3v) is 5.28. The molecule has 0 spiro atoms. The quantitative estimate of drug-likeness (QED) is 0.496. The van der Waals surface area contributed by atoms with Gasteiger partial charge in [-0.25, -0.2) is 0 Å². The average molecular weight is 493 g/mol. The number of nitrogens with zero attached hydrogens (tertiary/aromatic N) is 3. The lowest BCUT2D eigenvalue weighted by atomic mass is 10.1. The molecule has 1 amide bonds. The van der Waals surface area contributed by atoms with Crippen LogP contribution in [-0.4, -0.2) is 27.6 Å². The minimum atomic E-state index is -0.0487. The van der Waals surface area contributed by atoms with Gasteiger partial charge in [0.25, 0.3) is 5.91 Å². The number of hydrogen-bond donors (Lipinski definition) is 0. The van der Waals surface area contributed by atoms with Crippen LogP contribution in [0.4, 0.5) is 0 Å². The van der Waals surface area contributed by atoms with E-state index in [2.05, 4.69) is 37.0 Å². The molecule has 7 heteroatoms. The van der Waals surface area contributed by atoms with Gasteiger partial charge in [0.05, 0.1) is 22.9 Å². The molecule has 0 aliphatic carbocycles. The Kier molecular flexibility index (Phi) is 6.34. The van der Waals surface area contributed by atoms with Crippen molar-refractivity contribution in [3.63, 3.8) is 0 Å². The van der Waals surface area contributed by atoms with Crippen LogP contribution in [0.5, 0.6) is 5.75 Å². The molecule has 0 fully saturated rings. The Hall–Kier alpha value is -2.12. The first-order valence-electron chi connectivity index (χ1n) is 8.33. The molecule has 0 unspecified atom stereocenters. The van der Waals surface area contributed by atoms with Crippen molar-refractivity contribution >= 4 is 37.8 Å². The molecule has 0 radical (unpaired) electrons. The number of rotatable bonds is 6. The highest BCUT2D eigenvalue weighted by molar-refractivity contribution is 9.10. The maximum atomic E-state index is 12.8. The molecule has 27 heavy (non-hydrogen) atoms. The van der Waals surface area contributed by atoms with Crippen LogP contribution >= 0.6 is 31.9 Å². The maximum Gasteiger partial charge on any atom is 0.253 e. The summed E-state index contributed by atoms with van der Waals surface area (Å²) < 4.78 is 9.43. The first kappa shape index (κ1) is 19.6. The molecule has 0 saturated heterocycles. The zero-order valence-corrected chi connectivity index (χ0v) is 18.2. The van der Waals surface area contributed by atoms with Gasteiger partial charge in [0.15, 0.2) is 0 Å². The highest BCUT2D eigenvalue weighted by atomic mass is 79.9. The van der Waals surface area contributed by atoms with E-state index in [0.717, 1.165) is 26.0 Å². The third kappa shape index (κ3) is 4.99. The van der Waals surface area contributed by atoms with E-state index in [-0.39, 0.29) is 5.91 Å². The molecule has 1 heterocycles. The number of halogens is 2. The van der Waals surface area contributed by atoms with Gasteiger partial charge in [-0.05, 0) is 51.8 Å². The highest BCUT2D eigenvalue weighted by Crippen LogP contribution is 2.20. The molecule has 0 aliphatic heterocycles. The molecule has 3 aromatic rings. The van der Waals surface area contributed by atoms with Gasteiger partial charge in [0.2, 0.25) is 0 Å². The van der Waals surface area contributed by atoms with E-state index < -0.39 is 0 Å². The molecule has 0 aliphatic rings. The van der Waals surface area contributed by atoms with E-state index >= 15 is 0 Å². The standard InChI is InChI=1S/C20H19Br2N3O2/c1-24(12-19-18(22)11-23-25(19)2)20(26)15-6-3-5-14(9-15)13-27-17-8-4-7-16(21)10-17/h3-11H,12-13H2,1-2H3. The lowest BCUT2D eigenvalue weighted by molar-refractivity contribution is 0.0781. The Morgan fingerprint density at radius 1 is 1.19 bits per heavy atom. The van der Waals surface area contributed by atoms with Gasteiger partial charge >= 0.3 is 0 Å². The predicted molar refractivity (Wildman–Crippen MR) is 112 cm³/mol. The summed E-state index contributed by atoms with van der Waals surface area (Å²) in [6.07, 6.45) is 1.73. The summed E-state index contributed by atoms with van der Waals surface area (Å²) in [4.78, 5) is 14.5. The van der Waals surface area contributed by atoms with E-state index in [1.54, 1.807) is 22.8 Å². The van der Waals surface area contributed by atoms with Crippen LogP contribution in [0.2, 0.25) is 0 Å². The monoisotopic (exact) mass is 491 g/mol. The number of ether oxygens (including phenoxy) is 1. The van der Waals surface area contributed by atoms with Crippen LogP contribution in [0, 0.1) is 0 Å². The van der Waals surface area contributed by atoms with Crippen LogP contribution in [0.1, 0.15) is 21.6 Å². The fourth-order valence-electron chi connectivity index (χ4n) is 2.65. The van der Waals surface area contributed by atoms with Crippen LogP contribution in [0.3, 0.4) is 0 Å². The molecule has 0 saturated carbocycles. The van der Waals surface area contributed by atoms with Crippen molar-refractivity contribution < 1.29 is 9.53 Å². The maximum absolute atomic E-state index is 12.8. The number of benzene rings is 2. The van der Waals surface area contributed by atoms with E-state index in [1.165, 1.54) is 0 Å². The van der Waals surface area contributed by atoms with Crippen molar-refractivity contribution in [1.82, 2.24) is 14.7 Å². The fourth-order valence-corrected chi connectivity index (χ4v) is 3.50. The third-order valence-electron chi connectivity index (χ3n) is 4.12. The SMILES string of the molecule is CN(Cc1c(Br)cnn1C)C(=O)c1cccc(COc2cccc(Br)c2)c1. The fraction of sp³-hybridized carbons (Fsp3) is 0.200. The summed E-state index contributed by atoms with van der Waals surface area (Å²) in [5.41, 5.74) is 2.52. The van der Waals surface area contributed by atoms with Gasteiger partial charge < -0.3 is 9.64 Å². The average Bonchev–Trinajstić information content (AvgIpc) is 2.98. The van der Waals surface area contributed by atoms with Gasteiger partial charge in [-0.15, -0.1) is 0 Å². The number of aromatic nitrogens is 2. The lowest BCUT2D eigenvalue weighted by Gasteiger charge is -2.18. The van der Waals surface area contributed by atoms with Crippen LogP contribution in [-0.2, 0) is 20.2 Å². The molecule has 0 N–H and O–H groups in total. The van der Waals surface area contributed by atoms with Gasteiger partial charge in [-0.2, -0.15) is 5.10 Å². The molecular formula is C20H19Br2N3O2. The largest absolute Gasteiger partial charge is 0.489 e. The minimum absolute atomic E-state index is 0.0487.